The van der Waals surface area contributed by atoms with Gasteiger partial charge in [-0.25, -0.2) is 0 Å². The van der Waals surface area contributed by atoms with E-state index in [9.17, 15) is 4.79 Å². The number of aliphatic hydroxyl groups is 1. The van der Waals surface area contributed by atoms with Crippen molar-refractivity contribution in [3.63, 3.8) is 0 Å². The van der Waals surface area contributed by atoms with E-state index >= 15 is 0 Å². The Bertz CT molecular complexity index is 342. The van der Waals surface area contributed by atoms with Gasteiger partial charge < -0.3 is 10.4 Å². The Kier molecular flexibility index (Phi) is 4.29. The summed E-state index contributed by atoms with van der Waals surface area (Å²) in [5.41, 5.74) is 0.726. The molecular weight excluding hydrogens is 210 g/mol. The molecule has 0 saturated heterocycles. The van der Waals surface area contributed by atoms with E-state index < -0.39 is 0 Å². The van der Waals surface area contributed by atoms with E-state index in [1.807, 2.05) is 26.8 Å². The van der Waals surface area contributed by atoms with Crippen LogP contribution in [0.3, 0.4) is 0 Å². The highest BCUT2D eigenvalue weighted by atomic mass is 32.1. The van der Waals surface area contributed by atoms with Crippen molar-refractivity contribution in [2.45, 2.75) is 33.2 Å². The maximum absolute atomic E-state index is 11.8. The van der Waals surface area contributed by atoms with Crippen molar-refractivity contribution in [3.05, 3.63) is 21.4 Å². The molecule has 0 radical (unpaired) electrons. The average molecular weight is 227 g/mol. The van der Waals surface area contributed by atoms with Crippen molar-refractivity contribution in [1.82, 2.24) is 5.32 Å². The van der Waals surface area contributed by atoms with Gasteiger partial charge >= 0.3 is 0 Å². The molecule has 0 fully saturated rings. The second kappa shape index (κ2) is 5.28. The lowest BCUT2D eigenvalue weighted by Gasteiger charge is -2.13. The van der Waals surface area contributed by atoms with Crippen molar-refractivity contribution < 1.29 is 9.90 Å². The topological polar surface area (TPSA) is 49.3 Å². The number of nitrogens with one attached hydrogen (secondary N) is 1. The molecule has 0 saturated carbocycles. The first-order chi connectivity index (χ1) is 7.08. The Hall–Kier alpha value is -0.870. The maximum atomic E-state index is 11.8. The molecule has 0 spiro atoms. The molecule has 2 N–H and O–H groups in total. The second-order valence-corrected chi connectivity index (χ2v) is 5.05. The van der Waals surface area contributed by atoms with Crippen molar-refractivity contribution in [2.24, 2.45) is 0 Å². The normalized spacial score (nSPS) is 12.5. The molecular formula is C11H17NO2S. The van der Waals surface area contributed by atoms with Crippen LogP contribution in [0.5, 0.6) is 0 Å². The van der Waals surface area contributed by atoms with E-state index in [0.29, 0.717) is 0 Å². The minimum atomic E-state index is -0.142. The first-order valence-corrected chi connectivity index (χ1v) is 5.88. The molecule has 84 valence electrons. The maximum Gasteiger partial charge on any atom is 0.252 e. The van der Waals surface area contributed by atoms with Crippen LogP contribution in [0, 0.1) is 13.8 Å². The first kappa shape index (κ1) is 12.2. The predicted octanol–water partition coefficient (Wildman–Crippen LogP) is 1.87. The van der Waals surface area contributed by atoms with Crippen LogP contribution >= 0.6 is 11.3 Å². The van der Waals surface area contributed by atoms with Crippen LogP contribution in [-0.4, -0.2) is 23.7 Å². The number of carbonyl (C=O) groups is 1. The third kappa shape index (κ3) is 3.04. The van der Waals surface area contributed by atoms with Crippen LogP contribution in [0.15, 0.2) is 6.07 Å². The van der Waals surface area contributed by atoms with Gasteiger partial charge in [-0.3, -0.25) is 4.79 Å². The van der Waals surface area contributed by atoms with Gasteiger partial charge in [-0.1, -0.05) is 6.92 Å². The number of amides is 1. The molecule has 0 bridgehead atoms. The second-order valence-electron chi connectivity index (χ2n) is 3.59. The fourth-order valence-electron chi connectivity index (χ4n) is 1.40. The summed E-state index contributed by atoms with van der Waals surface area (Å²) in [6, 6.07) is 1.75. The molecule has 1 amide bonds. The number of hydrogen-bond donors (Lipinski definition) is 2. The monoisotopic (exact) mass is 227 g/mol. The van der Waals surface area contributed by atoms with E-state index in [4.69, 9.17) is 5.11 Å². The third-order valence-electron chi connectivity index (χ3n) is 2.33. The fraction of sp³-hybridized carbons (Fsp3) is 0.545. The minimum Gasteiger partial charge on any atom is -0.394 e. The van der Waals surface area contributed by atoms with Gasteiger partial charge in [0, 0.05) is 9.75 Å². The molecule has 0 unspecified atom stereocenters. The Balaban J connectivity index is 2.72. The minimum absolute atomic E-state index is 0.00952. The molecule has 0 aliphatic heterocycles. The van der Waals surface area contributed by atoms with Gasteiger partial charge in [0.05, 0.1) is 18.2 Å². The van der Waals surface area contributed by atoms with Gasteiger partial charge in [-0.15, -0.1) is 11.3 Å². The van der Waals surface area contributed by atoms with Gasteiger partial charge in [-0.2, -0.15) is 0 Å². The molecule has 15 heavy (non-hydrogen) atoms. The van der Waals surface area contributed by atoms with Gasteiger partial charge in [-0.05, 0) is 26.3 Å². The fourth-order valence-corrected chi connectivity index (χ4v) is 2.32. The third-order valence-corrected chi connectivity index (χ3v) is 3.30. The quantitative estimate of drug-likeness (QED) is 0.825. The summed E-state index contributed by atoms with van der Waals surface area (Å²) in [7, 11) is 0. The van der Waals surface area contributed by atoms with Gasteiger partial charge in [0.15, 0.2) is 0 Å². The Morgan fingerprint density at radius 1 is 1.60 bits per heavy atom. The molecule has 1 atom stereocenters. The van der Waals surface area contributed by atoms with Crippen molar-refractivity contribution >= 4 is 17.2 Å². The Labute approximate surface area is 94.1 Å². The molecule has 1 aromatic heterocycles. The van der Waals surface area contributed by atoms with Crippen LogP contribution in [0.1, 0.15) is 33.5 Å². The lowest BCUT2D eigenvalue weighted by Crippen LogP contribution is -2.36. The molecule has 1 rings (SSSR count). The number of aliphatic hydroxyl groups excluding tert-OH is 1. The van der Waals surface area contributed by atoms with Gasteiger partial charge in [0.25, 0.3) is 5.91 Å². The number of aryl methyl sites for hydroxylation is 2. The molecule has 4 heteroatoms. The van der Waals surface area contributed by atoms with Crippen molar-refractivity contribution in [2.75, 3.05) is 6.61 Å². The number of carbonyl (C=O) groups excluding carboxylic acids is 1. The highest BCUT2D eigenvalue weighted by Crippen LogP contribution is 2.20. The van der Waals surface area contributed by atoms with E-state index in [2.05, 4.69) is 5.32 Å². The molecule has 0 aliphatic carbocycles. The molecule has 1 heterocycles. The Morgan fingerprint density at radius 2 is 2.27 bits per heavy atom. The van der Waals surface area contributed by atoms with E-state index in [1.54, 1.807) is 11.3 Å². The van der Waals surface area contributed by atoms with Crippen molar-refractivity contribution in [1.29, 1.82) is 0 Å². The summed E-state index contributed by atoms with van der Waals surface area (Å²) < 4.78 is 0. The van der Waals surface area contributed by atoms with E-state index in [-0.39, 0.29) is 18.6 Å². The standard InChI is InChI=1S/C11H17NO2S/c1-4-9(6-13)12-11(14)10-5-7(2)15-8(10)3/h5,9,13H,4,6H2,1-3H3,(H,12,14)/t9-/m0/s1. The number of hydrogen-bond acceptors (Lipinski definition) is 3. The summed E-state index contributed by atoms with van der Waals surface area (Å²) in [6.07, 6.45) is 0.740. The lowest BCUT2D eigenvalue weighted by atomic mass is 10.2. The zero-order valence-electron chi connectivity index (χ0n) is 9.33. The smallest absolute Gasteiger partial charge is 0.252 e. The van der Waals surface area contributed by atoms with Crippen LogP contribution < -0.4 is 5.32 Å². The summed E-state index contributed by atoms with van der Waals surface area (Å²) in [5, 5.41) is 11.8. The van der Waals surface area contributed by atoms with Crippen LogP contribution in [-0.2, 0) is 0 Å². The van der Waals surface area contributed by atoms with E-state index in [0.717, 1.165) is 21.7 Å². The molecule has 0 aliphatic rings. The van der Waals surface area contributed by atoms with E-state index in [1.165, 1.54) is 0 Å². The highest BCUT2D eigenvalue weighted by molar-refractivity contribution is 7.12. The predicted molar refractivity (Wildman–Crippen MR) is 62.4 cm³/mol. The number of rotatable bonds is 4. The summed E-state index contributed by atoms with van der Waals surface area (Å²) in [5.74, 6) is -0.0854. The first-order valence-electron chi connectivity index (χ1n) is 5.07. The van der Waals surface area contributed by atoms with Gasteiger partial charge in [0.2, 0.25) is 0 Å². The Morgan fingerprint density at radius 3 is 2.67 bits per heavy atom. The average Bonchev–Trinajstić information content (AvgIpc) is 2.54. The molecule has 1 aromatic rings. The van der Waals surface area contributed by atoms with Crippen LogP contribution in [0.2, 0.25) is 0 Å². The van der Waals surface area contributed by atoms with Crippen molar-refractivity contribution in [3.8, 4) is 0 Å². The van der Waals surface area contributed by atoms with Gasteiger partial charge in [0.1, 0.15) is 0 Å². The highest BCUT2D eigenvalue weighted by Gasteiger charge is 2.14. The molecule has 3 nitrogen and oxygen atoms in total. The molecule has 0 aromatic carbocycles. The lowest BCUT2D eigenvalue weighted by molar-refractivity contribution is 0.0915. The zero-order chi connectivity index (χ0) is 11.4. The van der Waals surface area contributed by atoms with Crippen LogP contribution in [0.25, 0.3) is 0 Å². The zero-order valence-corrected chi connectivity index (χ0v) is 10.1. The summed E-state index contributed by atoms with van der Waals surface area (Å²) in [4.78, 5) is 14.0. The summed E-state index contributed by atoms with van der Waals surface area (Å²) in [6.45, 7) is 5.85. The number of thiophene rings is 1. The SMILES string of the molecule is CC[C@@H](CO)NC(=O)c1cc(C)sc1C. The summed E-state index contributed by atoms with van der Waals surface area (Å²) >= 11 is 1.62. The largest absolute Gasteiger partial charge is 0.394 e. The van der Waals surface area contributed by atoms with Crippen LogP contribution in [0.4, 0.5) is 0 Å².